The quantitative estimate of drug-likeness (QED) is 0.667. The van der Waals surface area contributed by atoms with Crippen molar-refractivity contribution < 1.29 is 9.66 Å². The number of hydrogen-bond acceptors (Lipinski definition) is 5. The number of rotatable bonds is 5. The molecule has 0 unspecified atom stereocenters. The summed E-state index contributed by atoms with van der Waals surface area (Å²) >= 11 is 12.0. The Balaban J connectivity index is 1.93. The van der Waals surface area contributed by atoms with E-state index in [1.165, 1.54) is 12.1 Å². The maximum Gasteiger partial charge on any atom is 0.272 e. The van der Waals surface area contributed by atoms with Gasteiger partial charge in [-0.1, -0.05) is 23.2 Å². The van der Waals surface area contributed by atoms with E-state index >= 15 is 0 Å². The Morgan fingerprint density at radius 1 is 1.30 bits per heavy atom. The molecule has 1 heterocycles. The summed E-state index contributed by atoms with van der Waals surface area (Å²) in [5.41, 5.74) is 0.422. The van der Waals surface area contributed by atoms with Gasteiger partial charge in [0, 0.05) is 38.3 Å². The fourth-order valence-electron chi connectivity index (χ4n) is 2.00. The predicted octanol–water partition coefficient (Wildman–Crippen LogP) is 2.65. The van der Waals surface area contributed by atoms with E-state index in [1.54, 1.807) is 0 Å². The number of nitro groups is 1. The van der Waals surface area contributed by atoms with E-state index in [0.717, 1.165) is 32.8 Å². The molecule has 1 aliphatic heterocycles. The number of nitrogens with zero attached hydrogens (tertiary/aromatic N) is 2. The third-order valence-corrected chi connectivity index (χ3v) is 3.67. The first-order chi connectivity index (χ1) is 9.58. The Bertz CT molecular complexity index is 470. The second-order valence-corrected chi connectivity index (χ2v) is 5.24. The summed E-state index contributed by atoms with van der Waals surface area (Å²) in [4.78, 5) is 12.4. The SMILES string of the molecule is O=[N+]([O-])c1cc(Cl)c(NCCN2CCOCC2)c(Cl)c1. The van der Waals surface area contributed by atoms with E-state index in [4.69, 9.17) is 27.9 Å². The van der Waals surface area contributed by atoms with E-state index in [1.807, 2.05) is 0 Å². The molecule has 0 atom stereocenters. The average Bonchev–Trinajstić information content (AvgIpc) is 2.42. The normalized spacial score (nSPS) is 16.1. The Hall–Kier alpha value is -1.08. The molecule has 6 nitrogen and oxygen atoms in total. The van der Waals surface area contributed by atoms with Crippen LogP contribution in [0.3, 0.4) is 0 Å². The minimum atomic E-state index is -0.519. The number of anilines is 1. The van der Waals surface area contributed by atoms with Gasteiger partial charge in [0.05, 0.1) is 33.9 Å². The standard InChI is InChI=1S/C12H15Cl2N3O3/c13-10-7-9(17(18)19)8-11(14)12(10)15-1-2-16-3-5-20-6-4-16/h7-8,15H,1-6H2. The molecule has 0 radical (unpaired) electrons. The van der Waals surface area contributed by atoms with Crippen molar-refractivity contribution in [3.8, 4) is 0 Å². The Morgan fingerprint density at radius 2 is 1.90 bits per heavy atom. The molecule has 0 spiro atoms. The lowest BCUT2D eigenvalue weighted by Gasteiger charge is -2.26. The van der Waals surface area contributed by atoms with Crippen LogP contribution in [0, 0.1) is 10.1 Å². The monoisotopic (exact) mass is 319 g/mol. The zero-order chi connectivity index (χ0) is 14.5. The molecule has 1 aromatic carbocycles. The smallest absolute Gasteiger partial charge is 0.272 e. The van der Waals surface area contributed by atoms with Crippen molar-refractivity contribution in [2.24, 2.45) is 0 Å². The van der Waals surface area contributed by atoms with Gasteiger partial charge in [0.2, 0.25) is 0 Å². The summed E-state index contributed by atoms with van der Waals surface area (Å²) in [6, 6.07) is 2.59. The van der Waals surface area contributed by atoms with Crippen molar-refractivity contribution in [1.29, 1.82) is 0 Å². The van der Waals surface area contributed by atoms with Crippen LogP contribution in [-0.2, 0) is 4.74 Å². The van der Waals surface area contributed by atoms with Gasteiger partial charge >= 0.3 is 0 Å². The van der Waals surface area contributed by atoms with Crippen LogP contribution in [-0.4, -0.2) is 49.2 Å². The molecule has 0 amide bonds. The van der Waals surface area contributed by atoms with Gasteiger partial charge in [0.1, 0.15) is 0 Å². The summed E-state index contributed by atoms with van der Waals surface area (Å²) in [5, 5.41) is 14.3. The maximum atomic E-state index is 10.7. The predicted molar refractivity (Wildman–Crippen MR) is 78.9 cm³/mol. The lowest BCUT2D eigenvalue weighted by Crippen LogP contribution is -2.39. The van der Waals surface area contributed by atoms with Crippen molar-refractivity contribution in [3.05, 3.63) is 32.3 Å². The van der Waals surface area contributed by atoms with Crippen LogP contribution in [0.5, 0.6) is 0 Å². The zero-order valence-corrected chi connectivity index (χ0v) is 12.3. The van der Waals surface area contributed by atoms with Crippen molar-refractivity contribution in [2.45, 2.75) is 0 Å². The second kappa shape index (κ2) is 7.08. The molecule has 110 valence electrons. The highest BCUT2D eigenvalue weighted by Gasteiger charge is 2.15. The number of nitrogens with one attached hydrogen (secondary N) is 1. The average molecular weight is 320 g/mol. The lowest BCUT2D eigenvalue weighted by molar-refractivity contribution is -0.384. The van der Waals surface area contributed by atoms with E-state index in [-0.39, 0.29) is 15.7 Å². The molecule has 1 saturated heterocycles. The van der Waals surface area contributed by atoms with Crippen LogP contribution in [0.1, 0.15) is 0 Å². The molecule has 0 bridgehead atoms. The Labute approximate surface area is 126 Å². The van der Waals surface area contributed by atoms with Crippen LogP contribution in [0.25, 0.3) is 0 Å². The first kappa shape index (κ1) is 15.3. The molecular formula is C12H15Cl2N3O3. The molecule has 1 fully saturated rings. The van der Waals surface area contributed by atoms with Gasteiger partial charge in [-0.25, -0.2) is 0 Å². The molecule has 1 N–H and O–H groups in total. The maximum absolute atomic E-state index is 10.7. The topological polar surface area (TPSA) is 67.6 Å². The molecule has 0 aromatic heterocycles. The summed E-state index contributed by atoms with van der Waals surface area (Å²) in [6.07, 6.45) is 0. The summed E-state index contributed by atoms with van der Waals surface area (Å²) in [6.45, 7) is 4.81. The van der Waals surface area contributed by atoms with Gasteiger partial charge in [-0.15, -0.1) is 0 Å². The van der Waals surface area contributed by atoms with Gasteiger partial charge in [-0.2, -0.15) is 0 Å². The van der Waals surface area contributed by atoms with E-state index in [0.29, 0.717) is 12.2 Å². The largest absolute Gasteiger partial charge is 0.381 e. The fraction of sp³-hybridized carbons (Fsp3) is 0.500. The van der Waals surface area contributed by atoms with Crippen molar-refractivity contribution in [3.63, 3.8) is 0 Å². The van der Waals surface area contributed by atoms with Crippen LogP contribution >= 0.6 is 23.2 Å². The van der Waals surface area contributed by atoms with Gasteiger partial charge in [-0.05, 0) is 0 Å². The first-order valence-corrected chi connectivity index (χ1v) is 7.01. The third-order valence-electron chi connectivity index (χ3n) is 3.07. The summed E-state index contributed by atoms with van der Waals surface area (Å²) in [5.74, 6) is 0. The fourth-order valence-corrected chi connectivity index (χ4v) is 2.61. The lowest BCUT2D eigenvalue weighted by atomic mass is 10.2. The molecule has 1 aliphatic rings. The van der Waals surface area contributed by atoms with Gasteiger partial charge in [0.15, 0.2) is 0 Å². The van der Waals surface area contributed by atoms with Crippen LogP contribution in [0.15, 0.2) is 12.1 Å². The van der Waals surface area contributed by atoms with Crippen molar-refractivity contribution in [2.75, 3.05) is 44.7 Å². The first-order valence-electron chi connectivity index (χ1n) is 6.25. The molecule has 0 aliphatic carbocycles. The molecule has 8 heteroatoms. The Morgan fingerprint density at radius 3 is 2.45 bits per heavy atom. The number of halogens is 2. The second-order valence-electron chi connectivity index (χ2n) is 4.42. The number of ether oxygens (including phenoxy) is 1. The van der Waals surface area contributed by atoms with E-state index < -0.39 is 4.92 Å². The highest BCUT2D eigenvalue weighted by atomic mass is 35.5. The van der Waals surface area contributed by atoms with Gasteiger partial charge < -0.3 is 10.1 Å². The third kappa shape index (κ3) is 3.96. The van der Waals surface area contributed by atoms with Crippen molar-refractivity contribution >= 4 is 34.6 Å². The van der Waals surface area contributed by atoms with Gasteiger partial charge in [-0.3, -0.25) is 15.0 Å². The number of hydrogen-bond donors (Lipinski definition) is 1. The van der Waals surface area contributed by atoms with Crippen molar-refractivity contribution in [1.82, 2.24) is 4.90 Å². The number of nitro benzene ring substituents is 1. The minimum Gasteiger partial charge on any atom is -0.381 e. The summed E-state index contributed by atoms with van der Waals surface area (Å²) < 4.78 is 5.27. The van der Waals surface area contributed by atoms with E-state index in [9.17, 15) is 10.1 Å². The molecule has 20 heavy (non-hydrogen) atoms. The van der Waals surface area contributed by atoms with Gasteiger partial charge in [0.25, 0.3) is 5.69 Å². The molecular weight excluding hydrogens is 305 g/mol. The highest BCUT2D eigenvalue weighted by molar-refractivity contribution is 6.39. The number of non-ortho nitro benzene ring substituents is 1. The Kier molecular flexibility index (Phi) is 5.42. The van der Waals surface area contributed by atoms with Crippen LogP contribution in [0.2, 0.25) is 10.0 Å². The van der Waals surface area contributed by atoms with E-state index in [2.05, 4.69) is 10.2 Å². The van der Waals surface area contributed by atoms with Crippen LogP contribution < -0.4 is 5.32 Å². The number of benzene rings is 1. The summed E-state index contributed by atoms with van der Waals surface area (Å²) in [7, 11) is 0. The minimum absolute atomic E-state index is 0.112. The van der Waals surface area contributed by atoms with Crippen LogP contribution in [0.4, 0.5) is 11.4 Å². The number of morpholine rings is 1. The molecule has 0 saturated carbocycles. The molecule has 1 aromatic rings. The highest BCUT2D eigenvalue weighted by Crippen LogP contribution is 2.34. The molecule has 2 rings (SSSR count). The zero-order valence-electron chi connectivity index (χ0n) is 10.8.